The molecule has 9 heteroatoms. The summed E-state index contributed by atoms with van der Waals surface area (Å²) < 4.78 is 11.0. The number of benzene rings is 2. The fourth-order valence-electron chi connectivity index (χ4n) is 6.41. The van der Waals surface area contributed by atoms with Crippen LogP contribution in [0, 0.1) is 5.92 Å². The summed E-state index contributed by atoms with van der Waals surface area (Å²) in [7, 11) is 1.51. The van der Waals surface area contributed by atoms with Gasteiger partial charge in [-0.1, -0.05) is 66.9 Å². The van der Waals surface area contributed by atoms with Crippen LogP contribution in [0.4, 0.5) is 0 Å². The molecule has 1 saturated carbocycles. The topological polar surface area (TPSA) is 111 Å². The molecule has 2 aliphatic rings. The smallest absolute Gasteiger partial charge is 0.306 e. The molecule has 0 spiro atoms. The maximum Gasteiger partial charge on any atom is 0.306 e. The molecular weight excluding hydrogens is 566 g/mol. The van der Waals surface area contributed by atoms with Crippen LogP contribution in [-0.2, 0) is 36.7 Å². The van der Waals surface area contributed by atoms with Crippen molar-refractivity contribution in [3.8, 4) is 0 Å². The van der Waals surface area contributed by atoms with E-state index in [-0.39, 0.29) is 36.9 Å². The van der Waals surface area contributed by atoms with Crippen molar-refractivity contribution in [3.05, 3.63) is 70.7 Å². The van der Waals surface area contributed by atoms with Crippen molar-refractivity contribution in [2.75, 3.05) is 26.8 Å². The van der Waals surface area contributed by atoms with Gasteiger partial charge in [0.25, 0.3) is 0 Å². The summed E-state index contributed by atoms with van der Waals surface area (Å²) in [6.07, 6.45) is 8.50. The van der Waals surface area contributed by atoms with Gasteiger partial charge in [0, 0.05) is 25.2 Å². The molecule has 234 valence electrons. The molecule has 3 N–H and O–H groups in total. The zero-order valence-corrected chi connectivity index (χ0v) is 26.0. The lowest BCUT2D eigenvalue weighted by Gasteiger charge is -2.45. The number of esters is 1. The van der Waals surface area contributed by atoms with Crippen LogP contribution in [0.3, 0.4) is 0 Å². The summed E-state index contributed by atoms with van der Waals surface area (Å²) in [5, 5.41) is 3.82. The predicted octanol–water partition coefficient (Wildman–Crippen LogP) is 4.85. The van der Waals surface area contributed by atoms with E-state index in [0.717, 1.165) is 36.8 Å². The monoisotopic (exact) mass is 611 g/mol. The van der Waals surface area contributed by atoms with Crippen LogP contribution in [0.1, 0.15) is 68.9 Å². The normalized spacial score (nSPS) is 21.0. The fourth-order valence-corrected chi connectivity index (χ4v) is 6.54. The highest BCUT2D eigenvalue weighted by Crippen LogP contribution is 2.29. The van der Waals surface area contributed by atoms with Gasteiger partial charge < -0.3 is 25.4 Å². The standard InChI is InChI=1S/C34H46ClN3O5/c1-42-23-30(36)32(40)37-34(22-26-14-16-28(35)17-15-26)18-9-19-38(24-34)33(41)27(20-25-10-5-4-6-11-25)21-31(39)43-29-12-7-2-3-8-13-29/h4-6,10-11,14-17,27,29-30H,2-3,7-9,12-13,18-24,36H2,1H3,(H,37,40)/t27-,30+,34-/m1/s1. The number of halogens is 1. The van der Waals surface area contributed by atoms with Crippen LogP contribution in [0.5, 0.6) is 0 Å². The number of carbonyl (C=O) groups excluding carboxylic acids is 3. The summed E-state index contributed by atoms with van der Waals surface area (Å²) >= 11 is 6.14. The minimum Gasteiger partial charge on any atom is -0.462 e. The van der Waals surface area contributed by atoms with Gasteiger partial charge in [0.05, 0.1) is 24.5 Å². The van der Waals surface area contributed by atoms with Gasteiger partial charge in [0.1, 0.15) is 12.1 Å². The molecule has 2 aromatic rings. The predicted molar refractivity (Wildman–Crippen MR) is 168 cm³/mol. The molecule has 0 aromatic heterocycles. The van der Waals surface area contributed by atoms with Crippen LogP contribution in [0.2, 0.25) is 5.02 Å². The molecule has 2 fully saturated rings. The van der Waals surface area contributed by atoms with E-state index >= 15 is 0 Å². The Bertz CT molecular complexity index is 1190. The first-order valence-corrected chi connectivity index (χ1v) is 16.0. The highest BCUT2D eigenvalue weighted by atomic mass is 35.5. The number of piperidine rings is 1. The van der Waals surface area contributed by atoms with Crippen molar-refractivity contribution in [3.63, 3.8) is 0 Å². The molecule has 2 amide bonds. The lowest BCUT2D eigenvalue weighted by Crippen LogP contribution is -2.64. The second kappa shape index (κ2) is 16.2. The van der Waals surface area contributed by atoms with Crippen LogP contribution < -0.4 is 11.1 Å². The van der Waals surface area contributed by atoms with Crippen molar-refractivity contribution in [2.24, 2.45) is 11.7 Å². The Hall–Kier alpha value is -2.94. The van der Waals surface area contributed by atoms with E-state index in [9.17, 15) is 14.4 Å². The molecular formula is C34H46ClN3O5. The van der Waals surface area contributed by atoms with Gasteiger partial charge in [-0.05, 0) is 74.6 Å². The van der Waals surface area contributed by atoms with E-state index in [4.69, 9.17) is 26.8 Å². The number of carbonyl (C=O) groups is 3. The zero-order valence-electron chi connectivity index (χ0n) is 25.3. The van der Waals surface area contributed by atoms with Crippen molar-refractivity contribution in [1.82, 2.24) is 10.2 Å². The van der Waals surface area contributed by atoms with Crippen LogP contribution in [-0.4, -0.2) is 67.2 Å². The van der Waals surface area contributed by atoms with Gasteiger partial charge in [-0.25, -0.2) is 0 Å². The number of hydrogen-bond donors (Lipinski definition) is 2. The highest BCUT2D eigenvalue weighted by Gasteiger charge is 2.41. The molecule has 4 rings (SSSR count). The number of ether oxygens (including phenoxy) is 2. The third-order valence-electron chi connectivity index (χ3n) is 8.60. The molecule has 2 aromatic carbocycles. The van der Waals surface area contributed by atoms with Gasteiger partial charge in [-0.3, -0.25) is 14.4 Å². The first-order chi connectivity index (χ1) is 20.8. The van der Waals surface area contributed by atoms with E-state index in [1.54, 1.807) is 0 Å². The molecule has 8 nitrogen and oxygen atoms in total. The molecule has 3 atom stereocenters. The molecule has 0 unspecified atom stereocenters. The Balaban J connectivity index is 1.54. The number of amides is 2. The first kappa shape index (κ1) is 33.0. The molecule has 0 bridgehead atoms. The third kappa shape index (κ3) is 10.1. The number of likely N-dealkylation sites (tertiary alicyclic amines) is 1. The van der Waals surface area contributed by atoms with Gasteiger partial charge in [-0.2, -0.15) is 0 Å². The summed E-state index contributed by atoms with van der Waals surface area (Å²) in [5.74, 6) is -1.31. The van der Waals surface area contributed by atoms with Crippen LogP contribution in [0.25, 0.3) is 0 Å². The number of hydrogen-bond acceptors (Lipinski definition) is 6. The average Bonchev–Trinajstić information content (AvgIpc) is 3.27. The minimum atomic E-state index is -0.831. The SMILES string of the molecule is COC[C@H](N)C(=O)N[C@@]1(Cc2ccc(Cl)cc2)CCCN(C(=O)[C@@H](CC(=O)OC2CCCCCC2)Cc2ccccc2)C1. The van der Waals surface area contributed by atoms with Gasteiger partial charge in [0.2, 0.25) is 11.8 Å². The number of nitrogens with two attached hydrogens (primary N) is 1. The zero-order chi connectivity index (χ0) is 30.7. The molecule has 1 saturated heterocycles. The summed E-state index contributed by atoms with van der Waals surface area (Å²) in [6.45, 7) is 0.945. The number of nitrogens with one attached hydrogen (secondary N) is 1. The lowest BCUT2D eigenvalue weighted by molar-refractivity contribution is -0.154. The Morgan fingerprint density at radius 3 is 2.37 bits per heavy atom. The molecule has 1 heterocycles. The van der Waals surface area contributed by atoms with E-state index < -0.39 is 17.5 Å². The summed E-state index contributed by atoms with van der Waals surface area (Å²) in [4.78, 5) is 42.4. The summed E-state index contributed by atoms with van der Waals surface area (Å²) in [6, 6.07) is 16.5. The quantitative estimate of drug-likeness (QED) is 0.262. The number of methoxy groups -OCH3 is 1. The van der Waals surface area contributed by atoms with E-state index in [1.807, 2.05) is 59.5 Å². The lowest BCUT2D eigenvalue weighted by atomic mass is 9.82. The van der Waals surface area contributed by atoms with E-state index in [1.165, 1.54) is 20.0 Å². The third-order valence-corrected chi connectivity index (χ3v) is 8.86. The van der Waals surface area contributed by atoms with Gasteiger partial charge >= 0.3 is 5.97 Å². The van der Waals surface area contributed by atoms with E-state index in [2.05, 4.69) is 5.32 Å². The van der Waals surface area contributed by atoms with E-state index in [0.29, 0.717) is 43.8 Å². The minimum absolute atomic E-state index is 0.0238. The Labute approximate surface area is 260 Å². The maximum atomic E-state index is 14.2. The van der Waals surface area contributed by atoms with Crippen LogP contribution >= 0.6 is 11.6 Å². The van der Waals surface area contributed by atoms with Crippen molar-refractivity contribution in [2.45, 2.75) is 88.3 Å². The fraction of sp³-hybridized carbons (Fsp3) is 0.559. The highest BCUT2D eigenvalue weighted by molar-refractivity contribution is 6.30. The Morgan fingerprint density at radius 1 is 1.00 bits per heavy atom. The molecule has 1 aliphatic carbocycles. The number of nitrogens with zero attached hydrogens (tertiary/aromatic N) is 1. The molecule has 1 aliphatic heterocycles. The van der Waals surface area contributed by atoms with Crippen molar-refractivity contribution in [1.29, 1.82) is 0 Å². The van der Waals surface area contributed by atoms with Gasteiger partial charge in [-0.15, -0.1) is 0 Å². The molecule has 0 radical (unpaired) electrons. The maximum absolute atomic E-state index is 14.2. The average molecular weight is 612 g/mol. The van der Waals surface area contributed by atoms with Crippen molar-refractivity contribution < 1.29 is 23.9 Å². The Kier molecular flexibility index (Phi) is 12.4. The second-order valence-electron chi connectivity index (χ2n) is 12.2. The largest absolute Gasteiger partial charge is 0.462 e. The molecule has 43 heavy (non-hydrogen) atoms. The van der Waals surface area contributed by atoms with Gasteiger partial charge in [0.15, 0.2) is 0 Å². The van der Waals surface area contributed by atoms with Crippen molar-refractivity contribution >= 4 is 29.4 Å². The Morgan fingerprint density at radius 2 is 1.70 bits per heavy atom. The van der Waals surface area contributed by atoms with Crippen LogP contribution in [0.15, 0.2) is 54.6 Å². The number of rotatable bonds is 12. The first-order valence-electron chi connectivity index (χ1n) is 15.6. The summed E-state index contributed by atoms with van der Waals surface area (Å²) in [5.41, 5.74) is 7.35. The second-order valence-corrected chi connectivity index (χ2v) is 12.6.